The second-order valence-electron chi connectivity index (χ2n) is 5.20. The molecular formula is C18H24N2O. The van der Waals surface area contributed by atoms with Crippen LogP contribution < -0.4 is 10.5 Å². The minimum absolute atomic E-state index is 0.295. The highest BCUT2D eigenvalue weighted by atomic mass is 16.5. The number of nitrogens with zero attached hydrogens (tertiary/aromatic N) is 1. The SMILES string of the molecule is COc1cccc(C(C)N(CCN)Cc2ccccc2)c1. The number of rotatable bonds is 7. The second kappa shape index (κ2) is 7.81. The molecule has 0 radical (unpaired) electrons. The van der Waals surface area contributed by atoms with Crippen molar-refractivity contribution in [1.29, 1.82) is 0 Å². The van der Waals surface area contributed by atoms with E-state index < -0.39 is 0 Å². The van der Waals surface area contributed by atoms with Gasteiger partial charge in [-0.2, -0.15) is 0 Å². The van der Waals surface area contributed by atoms with Gasteiger partial charge in [0.05, 0.1) is 7.11 Å². The van der Waals surface area contributed by atoms with Crippen LogP contribution in [0.15, 0.2) is 54.6 Å². The lowest BCUT2D eigenvalue weighted by atomic mass is 10.1. The standard InChI is InChI=1S/C18H24N2O/c1-15(17-9-6-10-18(13-17)21-2)20(12-11-19)14-16-7-4-3-5-8-16/h3-10,13,15H,11-12,14,19H2,1-2H3. The van der Waals surface area contributed by atoms with E-state index in [1.54, 1.807) is 7.11 Å². The Morgan fingerprint density at radius 3 is 2.52 bits per heavy atom. The first-order valence-electron chi connectivity index (χ1n) is 7.36. The molecule has 0 aliphatic carbocycles. The Bertz CT molecular complexity index is 542. The number of methoxy groups -OCH3 is 1. The summed E-state index contributed by atoms with van der Waals surface area (Å²) in [7, 11) is 1.70. The van der Waals surface area contributed by atoms with Crippen LogP contribution in [0.5, 0.6) is 5.75 Å². The molecule has 0 fully saturated rings. The summed E-state index contributed by atoms with van der Waals surface area (Å²) in [4.78, 5) is 2.39. The summed E-state index contributed by atoms with van der Waals surface area (Å²) in [6.07, 6.45) is 0. The van der Waals surface area contributed by atoms with Gasteiger partial charge in [-0.1, -0.05) is 42.5 Å². The summed E-state index contributed by atoms with van der Waals surface area (Å²) in [5.74, 6) is 0.895. The fraction of sp³-hybridized carbons (Fsp3) is 0.333. The normalized spacial score (nSPS) is 12.4. The van der Waals surface area contributed by atoms with Crippen molar-refractivity contribution in [3.8, 4) is 5.75 Å². The Hall–Kier alpha value is -1.84. The Balaban J connectivity index is 2.16. The molecule has 1 unspecified atom stereocenters. The first-order chi connectivity index (χ1) is 10.2. The average Bonchev–Trinajstić information content (AvgIpc) is 2.55. The molecule has 112 valence electrons. The lowest BCUT2D eigenvalue weighted by Crippen LogP contribution is -2.31. The monoisotopic (exact) mass is 284 g/mol. The van der Waals surface area contributed by atoms with Crippen molar-refractivity contribution < 1.29 is 4.74 Å². The van der Waals surface area contributed by atoms with Gasteiger partial charge in [-0.05, 0) is 30.2 Å². The zero-order chi connectivity index (χ0) is 15.1. The molecule has 2 N–H and O–H groups in total. The van der Waals surface area contributed by atoms with Gasteiger partial charge in [0.1, 0.15) is 5.75 Å². The summed E-state index contributed by atoms with van der Waals surface area (Å²) in [6, 6.07) is 19.0. The quantitative estimate of drug-likeness (QED) is 0.848. The lowest BCUT2D eigenvalue weighted by molar-refractivity contribution is 0.207. The van der Waals surface area contributed by atoms with Gasteiger partial charge in [0.15, 0.2) is 0 Å². The molecule has 0 saturated heterocycles. The predicted octanol–water partition coefficient (Wildman–Crippen LogP) is 3.22. The van der Waals surface area contributed by atoms with E-state index in [-0.39, 0.29) is 0 Å². The minimum Gasteiger partial charge on any atom is -0.497 e. The topological polar surface area (TPSA) is 38.5 Å². The van der Waals surface area contributed by atoms with Crippen molar-refractivity contribution in [2.45, 2.75) is 19.5 Å². The van der Waals surface area contributed by atoms with E-state index in [0.717, 1.165) is 18.8 Å². The molecule has 2 aromatic carbocycles. The van der Waals surface area contributed by atoms with Gasteiger partial charge < -0.3 is 10.5 Å². The van der Waals surface area contributed by atoms with Crippen LogP contribution in [-0.2, 0) is 6.54 Å². The molecule has 2 rings (SSSR count). The van der Waals surface area contributed by atoms with E-state index in [4.69, 9.17) is 10.5 Å². The molecule has 0 aromatic heterocycles. The molecule has 3 heteroatoms. The second-order valence-corrected chi connectivity index (χ2v) is 5.20. The molecule has 0 aliphatic heterocycles. The third kappa shape index (κ3) is 4.31. The molecule has 21 heavy (non-hydrogen) atoms. The zero-order valence-electron chi connectivity index (χ0n) is 12.8. The maximum absolute atomic E-state index is 5.79. The van der Waals surface area contributed by atoms with Gasteiger partial charge in [-0.3, -0.25) is 4.90 Å². The zero-order valence-corrected chi connectivity index (χ0v) is 12.8. The number of nitrogens with two attached hydrogens (primary N) is 1. The number of ether oxygens (including phenoxy) is 1. The highest BCUT2D eigenvalue weighted by Crippen LogP contribution is 2.25. The van der Waals surface area contributed by atoms with Crippen LogP contribution in [0.25, 0.3) is 0 Å². The van der Waals surface area contributed by atoms with Gasteiger partial charge in [-0.15, -0.1) is 0 Å². The van der Waals surface area contributed by atoms with Gasteiger partial charge in [0.25, 0.3) is 0 Å². The van der Waals surface area contributed by atoms with Crippen molar-refractivity contribution in [3.05, 3.63) is 65.7 Å². The Kier molecular flexibility index (Phi) is 5.78. The number of hydrogen-bond donors (Lipinski definition) is 1. The van der Waals surface area contributed by atoms with E-state index in [2.05, 4.69) is 48.2 Å². The molecule has 0 amide bonds. The van der Waals surface area contributed by atoms with Crippen LogP contribution >= 0.6 is 0 Å². The molecule has 0 heterocycles. The number of hydrogen-bond acceptors (Lipinski definition) is 3. The van der Waals surface area contributed by atoms with E-state index in [0.29, 0.717) is 12.6 Å². The summed E-state index contributed by atoms with van der Waals surface area (Å²) in [5, 5.41) is 0. The number of benzene rings is 2. The maximum Gasteiger partial charge on any atom is 0.119 e. The highest BCUT2D eigenvalue weighted by molar-refractivity contribution is 5.30. The largest absolute Gasteiger partial charge is 0.497 e. The summed E-state index contributed by atoms with van der Waals surface area (Å²) in [6.45, 7) is 4.64. The Morgan fingerprint density at radius 1 is 1.10 bits per heavy atom. The van der Waals surface area contributed by atoms with Crippen LogP contribution in [0.4, 0.5) is 0 Å². The van der Waals surface area contributed by atoms with E-state index in [1.807, 2.05) is 18.2 Å². The Morgan fingerprint density at radius 2 is 1.86 bits per heavy atom. The fourth-order valence-corrected chi connectivity index (χ4v) is 2.51. The molecule has 0 saturated carbocycles. The first-order valence-corrected chi connectivity index (χ1v) is 7.36. The van der Waals surface area contributed by atoms with Crippen molar-refractivity contribution in [2.24, 2.45) is 5.73 Å². The van der Waals surface area contributed by atoms with Crippen molar-refractivity contribution in [2.75, 3.05) is 20.2 Å². The van der Waals surface area contributed by atoms with E-state index in [1.165, 1.54) is 11.1 Å². The highest BCUT2D eigenvalue weighted by Gasteiger charge is 2.16. The van der Waals surface area contributed by atoms with Crippen molar-refractivity contribution >= 4 is 0 Å². The molecule has 1 atom stereocenters. The summed E-state index contributed by atoms with van der Waals surface area (Å²) >= 11 is 0. The maximum atomic E-state index is 5.79. The fourth-order valence-electron chi connectivity index (χ4n) is 2.51. The van der Waals surface area contributed by atoms with E-state index in [9.17, 15) is 0 Å². The van der Waals surface area contributed by atoms with Crippen molar-refractivity contribution in [1.82, 2.24) is 4.90 Å². The third-order valence-corrected chi connectivity index (χ3v) is 3.77. The van der Waals surface area contributed by atoms with Gasteiger partial charge in [0.2, 0.25) is 0 Å². The molecule has 0 aliphatic rings. The van der Waals surface area contributed by atoms with Crippen LogP contribution in [0.3, 0.4) is 0 Å². The van der Waals surface area contributed by atoms with Gasteiger partial charge >= 0.3 is 0 Å². The Labute approximate surface area is 127 Å². The first kappa shape index (κ1) is 15.5. The molecule has 2 aromatic rings. The minimum atomic E-state index is 0.295. The lowest BCUT2D eigenvalue weighted by Gasteiger charge is -2.29. The molecular weight excluding hydrogens is 260 g/mol. The van der Waals surface area contributed by atoms with Crippen LogP contribution in [-0.4, -0.2) is 25.1 Å². The summed E-state index contributed by atoms with van der Waals surface area (Å²) < 4.78 is 5.32. The van der Waals surface area contributed by atoms with Gasteiger partial charge in [-0.25, -0.2) is 0 Å². The van der Waals surface area contributed by atoms with E-state index >= 15 is 0 Å². The van der Waals surface area contributed by atoms with Crippen LogP contribution in [0.1, 0.15) is 24.1 Å². The molecule has 0 bridgehead atoms. The average molecular weight is 284 g/mol. The smallest absolute Gasteiger partial charge is 0.119 e. The van der Waals surface area contributed by atoms with Gasteiger partial charge in [0, 0.05) is 25.7 Å². The van der Waals surface area contributed by atoms with Crippen molar-refractivity contribution in [3.63, 3.8) is 0 Å². The van der Waals surface area contributed by atoms with Crippen LogP contribution in [0.2, 0.25) is 0 Å². The molecule has 3 nitrogen and oxygen atoms in total. The predicted molar refractivity (Wildman–Crippen MR) is 87.3 cm³/mol. The summed E-state index contributed by atoms with van der Waals surface area (Å²) in [5.41, 5.74) is 8.34. The van der Waals surface area contributed by atoms with Crippen LogP contribution in [0, 0.1) is 0 Å². The molecule has 0 spiro atoms. The third-order valence-electron chi connectivity index (χ3n) is 3.77.